The van der Waals surface area contributed by atoms with Gasteiger partial charge in [-0.25, -0.2) is 0 Å². The largest absolute Gasteiger partial charge is 0.374 e. The van der Waals surface area contributed by atoms with E-state index < -0.39 is 0 Å². The number of hydrogen-bond donors (Lipinski definition) is 0. The van der Waals surface area contributed by atoms with Crippen LogP contribution in [0.5, 0.6) is 0 Å². The molecule has 1 spiro atoms. The summed E-state index contributed by atoms with van der Waals surface area (Å²) in [5.41, 5.74) is 0.240. The lowest BCUT2D eigenvalue weighted by Crippen LogP contribution is -2.31. The maximum Gasteiger partial charge on any atom is 0.0824 e. The molecule has 2 atom stereocenters. The summed E-state index contributed by atoms with van der Waals surface area (Å²) in [6.45, 7) is 6.76. The molecule has 0 amide bonds. The Morgan fingerprint density at radius 3 is 2.69 bits per heavy atom. The van der Waals surface area contributed by atoms with Crippen LogP contribution in [0.1, 0.15) is 33.1 Å². The fourth-order valence-electron chi connectivity index (χ4n) is 2.96. The highest BCUT2D eigenvalue weighted by Gasteiger charge is 2.45. The maximum atomic E-state index is 5.91. The fourth-order valence-corrected chi connectivity index (χ4v) is 2.96. The summed E-state index contributed by atoms with van der Waals surface area (Å²) in [6, 6.07) is 0.734. The number of likely N-dealkylation sites (N-methyl/N-ethyl adjacent to an activating group) is 1. The van der Waals surface area contributed by atoms with Crippen molar-refractivity contribution < 1.29 is 4.74 Å². The van der Waals surface area contributed by atoms with Crippen LogP contribution < -0.4 is 0 Å². The maximum absolute atomic E-state index is 5.91. The van der Waals surface area contributed by atoms with Crippen LogP contribution in [0.3, 0.4) is 0 Å². The molecule has 2 heteroatoms. The van der Waals surface area contributed by atoms with Gasteiger partial charge in [-0.05, 0) is 32.2 Å². The predicted octanol–water partition coefficient (Wildman–Crippen LogP) is 1.90. The average molecular weight is 183 g/mol. The van der Waals surface area contributed by atoms with Gasteiger partial charge in [0.05, 0.1) is 5.60 Å². The second kappa shape index (κ2) is 3.25. The van der Waals surface area contributed by atoms with E-state index in [1.54, 1.807) is 0 Å². The summed E-state index contributed by atoms with van der Waals surface area (Å²) in [7, 11) is 2.24. The van der Waals surface area contributed by atoms with Gasteiger partial charge in [0.1, 0.15) is 0 Å². The van der Waals surface area contributed by atoms with Crippen molar-refractivity contribution in [2.75, 3.05) is 20.2 Å². The van der Waals surface area contributed by atoms with Crippen molar-refractivity contribution in [2.24, 2.45) is 5.92 Å². The minimum absolute atomic E-state index is 0.240. The molecule has 2 unspecified atom stereocenters. The molecule has 0 aromatic heterocycles. The molecule has 2 heterocycles. The average Bonchev–Trinajstić information content (AvgIpc) is 2.60. The lowest BCUT2D eigenvalue weighted by atomic mass is 9.92. The molecule has 0 aliphatic carbocycles. The first-order chi connectivity index (χ1) is 6.13. The van der Waals surface area contributed by atoms with Crippen LogP contribution in [0.4, 0.5) is 0 Å². The third-order valence-corrected chi connectivity index (χ3v) is 3.64. The molecule has 0 radical (unpaired) electrons. The predicted molar refractivity (Wildman–Crippen MR) is 53.8 cm³/mol. The van der Waals surface area contributed by atoms with Crippen molar-refractivity contribution in [3.8, 4) is 0 Å². The lowest BCUT2D eigenvalue weighted by molar-refractivity contribution is 0.0139. The molecule has 2 aliphatic rings. The molecular formula is C11H21NO. The van der Waals surface area contributed by atoms with E-state index in [-0.39, 0.29) is 5.60 Å². The number of rotatable bonds is 1. The third-order valence-electron chi connectivity index (χ3n) is 3.64. The SMILES string of the molecule is CC(C)C1CC2(CCCO2)CN1C. The van der Waals surface area contributed by atoms with Gasteiger partial charge in [-0.15, -0.1) is 0 Å². The summed E-state index contributed by atoms with van der Waals surface area (Å²) in [6.07, 6.45) is 3.79. The highest BCUT2D eigenvalue weighted by Crippen LogP contribution is 2.39. The van der Waals surface area contributed by atoms with Crippen molar-refractivity contribution in [3.63, 3.8) is 0 Å². The Kier molecular flexibility index (Phi) is 2.37. The Hall–Kier alpha value is -0.0800. The summed E-state index contributed by atoms with van der Waals surface area (Å²) in [5, 5.41) is 0. The highest BCUT2D eigenvalue weighted by molar-refractivity contribution is 4.99. The molecule has 0 bridgehead atoms. The first-order valence-electron chi connectivity index (χ1n) is 5.47. The standard InChI is InChI=1S/C11H21NO/c1-9(2)10-7-11(8-12(10)3)5-4-6-13-11/h9-10H,4-8H2,1-3H3. The smallest absolute Gasteiger partial charge is 0.0824 e. The third kappa shape index (κ3) is 1.62. The molecule has 2 fully saturated rings. The van der Waals surface area contributed by atoms with Gasteiger partial charge in [-0.2, -0.15) is 0 Å². The van der Waals surface area contributed by atoms with Gasteiger partial charge in [0.25, 0.3) is 0 Å². The zero-order chi connectivity index (χ0) is 9.47. The lowest BCUT2D eigenvalue weighted by Gasteiger charge is -2.22. The Morgan fingerprint density at radius 1 is 1.46 bits per heavy atom. The van der Waals surface area contributed by atoms with Crippen LogP contribution in [0.15, 0.2) is 0 Å². The molecule has 0 aromatic carbocycles. The Morgan fingerprint density at radius 2 is 2.23 bits per heavy atom. The van der Waals surface area contributed by atoms with Crippen LogP contribution in [-0.4, -0.2) is 36.7 Å². The van der Waals surface area contributed by atoms with Gasteiger partial charge in [0.15, 0.2) is 0 Å². The molecule has 0 aromatic rings. The molecular weight excluding hydrogens is 162 g/mol. The summed E-state index contributed by atoms with van der Waals surface area (Å²) in [5.74, 6) is 0.758. The Balaban J connectivity index is 2.05. The fraction of sp³-hybridized carbons (Fsp3) is 1.00. The van der Waals surface area contributed by atoms with Gasteiger partial charge < -0.3 is 9.64 Å². The number of hydrogen-bond acceptors (Lipinski definition) is 2. The summed E-state index contributed by atoms with van der Waals surface area (Å²) in [4.78, 5) is 2.48. The van der Waals surface area contributed by atoms with E-state index in [0.717, 1.165) is 25.1 Å². The minimum Gasteiger partial charge on any atom is -0.374 e. The van der Waals surface area contributed by atoms with E-state index in [1.807, 2.05) is 0 Å². The van der Waals surface area contributed by atoms with Crippen molar-refractivity contribution >= 4 is 0 Å². The zero-order valence-corrected chi connectivity index (χ0v) is 9.05. The van der Waals surface area contributed by atoms with Crippen LogP contribution in [0.2, 0.25) is 0 Å². The number of ether oxygens (including phenoxy) is 1. The van der Waals surface area contributed by atoms with Gasteiger partial charge in [-0.3, -0.25) is 0 Å². The molecule has 0 N–H and O–H groups in total. The van der Waals surface area contributed by atoms with Crippen LogP contribution in [0.25, 0.3) is 0 Å². The van der Waals surface area contributed by atoms with E-state index in [1.165, 1.54) is 19.3 Å². The second-order valence-corrected chi connectivity index (χ2v) is 5.07. The van der Waals surface area contributed by atoms with Crippen molar-refractivity contribution in [3.05, 3.63) is 0 Å². The second-order valence-electron chi connectivity index (χ2n) is 5.07. The molecule has 2 nitrogen and oxygen atoms in total. The molecule has 2 aliphatic heterocycles. The Bertz CT molecular complexity index is 185. The number of nitrogens with zero attached hydrogens (tertiary/aromatic N) is 1. The first-order valence-corrected chi connectivity index (χ1v) is 5.47. The molecule has 2 rings (SSSR count). The monoisotopic (exact) mass is 183 g/mol. The van der Waals surface area contributed by atoms with Gasteiger partial charge in [0.2, 0.25) is 0 Å². The Labute approximate surface area is 81.3 Å². The molecule has 13 heavy (non-hydrogen) atoms. The highest BCUT2D eigenvalue weighted by atomic mass is 16.5. The topological polar surface area (TPSA) is 12.5 Å². The van der Waals surface area contributed by atoms with Crippen LogP contribution in [0, 0.1) is 5.92 Å². The van der Waals surface area contributed by atoms with Crippen molar-refractivity contribution in [1.82, 2.24) is 4.90 Å². The van der Waals surface area contributed by atoms with Crippen LogP contribution >= 0.6 is 0 Å². The summed E-state index contributed by atoms with van der Waals surface area (Å²) >= 11 is 0. The van der Waals surface area contributed by atoms with E-state index in [2.05, 4.69) is 25.8 Å². The minimum atomic E-state index is 0.240. The van der Waals surface area contributed by atoms with Crippen LogP contribution in [-0.2, 0) is 4.74 Å². The van der Waals surface area contributed by atoms with E-state index in [9.17, 15) is 0 Å². The molecule has 0 saturated carbocycles. The number of likely N-dealkylation sites (tertiary alicyclic amines) is 1. The quantitative estimate of drug-likeness (QED) is 0.615. The normalized spacial score (nSPS) is 41.1. The summed E-state index contributed by atoms with van der Waals surface area (Å²) < 4.78 is 5.91. The van der Waals surface area contributed by atoms with Gasteiger partial charge in [-0.1, -0.05) is 13.8 Å². The molecule has 2 saturated heterocycles. The van der Waals surface area contributed by atoms with E-state index in [0.29, 0.717) is 0 Å². The van der Waals surface area contributed by atoms with E-state index >= 15 is 0 Å². The van der Waals surface area contributed by atoms with Gasteiger partial charge in [0, 0.05) is 19.2 Å². The first kappa shape index (κ1) is 9.47. The van der Waals surface area contributed by atoms with Crippen molar-refractivity contribution in [2.45, 2.75) is 44.8 Å². The van der Waals surface area contributed by atoms with E-state index in [4.69, 9.17) is 4.74 Å². The van der Waals surface area contributed by atoms with Gasteiger partial charge >= 0.3 is 0 Å². The molecule has 76 valence electrons. The zero-order valence-electron chi connectivity index (χ0n) is 9.05. The van der Waals surface area contributed by atoms with Crippen molar-refractivity contribution in [1.29, 1.82) is 0 Å².